The van der Waals surface area contributed by atoms with E-state index in [-0.39, 0.29) is 11.4 Å². The molecule has 10 heteroatoms. The lowest BCUT2D eigenvalue weighted by atomic mass is 10.1. The molecule has 2 aliphatic heterocycles. The number of nitrogens with one attached hydrogen (secondary N) is 1. The van der Waals surface area contributed by atoms with Crippen molar-refractivity contribution in [3.05, 3.63) is 81.1 Å². The second-order valence-electron chi connectivity index (χ2n) is 8.28. The van der Waals surface area contributed by atoms with Gasteiger partial charge in [0.05, 0.1) is 17.6 Å². The van der Waals surface area contributed by atoms with E-state index in [1.807, 2.05) is 43.5 Å². The molecule has 0 fully saturated rings. The van der Waals surface area contributed by atoms with Crippen LogP contribution in [0.4, 0.5) is 0 Å². The summed E-state index contributed by atoms with van der Waals surface area (Å²) in [5, 5.41) is 17.6. The third-order valence-corrected chi connectivity index (χ3v) is 7.56. The number of carbonyl (C=O) groups is 1. The molecule has 5 rings (SSSR count). The van der Waals surface area contributed by atoms with Crippen molar-refractivity contribution in [2.75, 3.05) is 20.3 Å². The first-order valence-corrected chi connectivity index (χ1v) is 13.2. The number of fused-ring (bicyclic) bond motifs is 1. The Morgan fingerprint density at radius 3 is 2.54 bits per heavy atom. The summed E-state index contributed by atoms with van der Waals surface area (Å²) in [6.45, 7) is 4.78. The summed E-state index contributed by atoms with van der Waals surface area (Å²) in [5.74, 6) is 1.40. The van der Waals surface area contributed by atoms with Crippen LogP contribution in [0.3, 0.4) is 0 Å². The van der Waals surface area contributed by atoms with Crippen LogP contribution in [0, 0.1) is 19.3 Å². The van der Waals surface area contributed by atoms with E-state index in [1.54, 1.807) is 42.7 Å². The van der Waals surface area contributed by atoms with Crippen LogP contribution in [-0.4, -0.2) is 47.3 Å². The minimum atomic E-state index is -0.478. The lowest BCUT2D eigenvalue weighted by Gasteiger charge is -2.20. The standard InChI is InChI=1S/C27H24N4O4S2/c1-16-6-8-20(17(2)13-16)34-10-11-35-21-9-7-18(15-22(21)33-3)14-19-24(28)31-27(29-25(19)32)37-26(30-31)23-5-4-12-36-23/h4-9,12-15,28H,10-11H2,1-3H3/b19-14-,28-24?. The Kier molecular flexibility index (Phi) is 7.11. The normalized spacial score (nSPS) is 16.0. The van der Waals surface area contributed by atoms with Gasteiger partial charge in [0.2, 0.25) is 5.17 Å². The first-order chi connectivity index (χ1) is 17.9. The highest BCUT2D eigenvalue weighted by molar-refractivity contribution is 8.27. The molecule has 1 aromatic heterocycles. The van der Waals surface area contributed by atoms with E-state index in [2.05, 4.69) is 16.2 Å². The summed E-state index contributed by atoms with van der Waals surface area (Å²) in [4.78, 5) is 17.9. The summed E-state index contributed by atoms with van der Waals surface area (Å²) >= 11 is 2.83. The Morgan fingerprint density at radius 1 is 1.03 bits per heavy atom. The zero-order chi connectivity index (χ0) is 25.9. The van der Waals surface area contributed by atoms with E-state index in [0.717, 1.165) is 21.2 Å². The van der Waals surface area contributed by atoms with E-state index >= 15 is 0 Å². The smallest absolute Gasteiger partial charge is 0.283 e. The third-order valence-electron chi connectivity index (χ3n) is 5.61. The molecule has 3 aromatic rings. The van der Waals surface area contributed by atoms with Crippen LogP contribution in [0.1, 0.15) is 21.6 Å². The molecule has 2 aliphatic rings. The number of rotatable bonds is 8. The fraction of sp³-hybridized carbons (Fsp3) is 0.185. The lowest BCUT2D eigenvalue weighted by molar-refractivity contribution is -0.114. The van der Waals surface area contributed by atoms with Crippen molar-refractivity contribution in [1.82, 2.24) is 5.01 Å². The molecule has 8 nitrogen and oxygen atoms in total. The van der Waals surface area contributed by atoms with Crippen LogP contribution in [0.25, 0.3) is 6.08 Å². The van der Waals surface area contributed by atoms with Gasteiger partial charge in [-0.15, -0.1) is 11.3 Å². The van der Waals surface area contributed by atoms with Gasteiger partial charge in [0, 0.05) is 0 Å². The molecule has 1 amide bonds. The predicted octanol–water partition coefficient (Wildman–Crippen LogP) is 5.50. The number of thiophene rings is 1. The van der Waals surface area contributed by atoms with Gasteiger partial charge >= 0.3 is 0 Å². The van der Waals surface area contributed by atoms with Gasteiger partial charge in [-0.1, -0.05) is 29.8 Å². The molecule has 1 N–H and O–H groups in total. The van der Waals surface area contributed by atoms with Crippen LogP contribution in [0.15, 0.2) is 69.6 Å². The summed E-state index contributed by atoms with van der Waals surface area (Å²) in [5.41, 5.74) is 3.10. The first-order valence-electron chi connectivity index (χ1n) is 11.5. The summed E-state index contributed by atoms with van der Waals surface area (Å²) < 4.78 is 17.2. The second-order valence-corrected chi connectivity index (χ2v) is 10.2. The van der Waals surface area contributed by atoms with E-state index in [1.165, 1.54) is 22.3 Å². The van der Waals surface area contributed by atoms with Gasteiger partial charge in [0.1, 0.15) is 24.0 Å². The highest BCUT2D eigenvalue weighted by Gasteiger charge is 2.36. The number of thioether (sulfide) groups is 1. The Hall–Kier alpha value is -3.89. The number of hydrogen-bond donors (Lipinski definition) is 1. The number of hydrogen-bond acceptors (Lipinski definition) is 8. The first kappa shape index (κ1) is 24.8. The number of aliphatic imine (C=N–C) groups is 1. The average Bonchev–Trinajstić information content (AvgIpc) is 3.56. The summed E-state index contributed by atoms with van der Waals surface area (Å²) in [6.07, 6.45) is 1.61. The summed E-state index contributed by atoms with van der Waals surface area (Å²) in [7, 11) is 1.55. The van der Waals surface area contributed by atoms with Gasteiger partial charge < -0.3 is 14.2 Å². The lowest BCUT2D eigenvalue weighted by Crippen LogP contribution is -2.35. The van der Waals surface area contributed by atoms with E-state index in [4.69, 9.17) is 19.6 Å². The van der Waals surface area contributed by atoms with Crippen molar-refractivity contribution in [3.8, 4) is 17.2 Å². The number of nitrogens with zero attached hydrogens (tertiary/aromatic N) is 3. The van der Waals surface area contributed by atoms with Crippen LogP contribution in [0.5, 0.6) is 17.2 Å². The van der Waals surface area contributed by atoms with Crippen LogP contribution < -0.4 is 14.2 Å². The summed E-state index contributed by atoms with van der Waals surface area (Å²) in [6, 6.07) is 15.3. The predicted molar refractivity (Wildman–Crippen MR) is 148 cm³/mol. The van der Waals surface area contributed by atoms with Crippen LogP contribution in [0.2, 0.25) is 0 Å². The highest BCUT2D eigenvalue weighted by Crippen LogP contribution is 2.33. The quantitative estimate of drug-likeness (QED) is 0.304. The van der Waals surface area contributed by atoms with Gasteiger partial charge in [-0.3, -0.25) is 10.2 Å². The SMILES string of the molecule is COc1cc(/C=C2/C(=N)N3N=C(c4cccs4)SC3=NC2=O)ccc1OCCOc1ccc(C)cc1C. The fourth-order valence-electron chi connectivity index (χ4n) is 3.82. The molecule has 0 unspecified atom stereocenters. The van der Waals surface area contributed by atoms with Crippen molar-refractivity contribution in [2.24, 2.45) is 10.1 Å². The molecule has 37 heavy (non-hydrogen) atoms. The number of amides is 1. The second kappa shape index (κ2) is 10.6. The molecule has 0 aliphatic carbocycles. The van der Waals surface area contributed by atoms with Crippen molar-refractivity contribution >= 4 is 51.1 Å². The zero-order valence-corrected chi connectivity index (χ0v) is 22.1. The Bertz CT molecular complexity index is 1460. The Balaban J connectivity index is 1.27. The zero-order valence-electron chi connectivity index (χ0n) is 20.5. The molecule has 3 heterocycles. The van der Waals surface area contributed by atoms with Gasteiger partial charge in [-0.05, 0) is 72.5 Å². The fourth-order valence-corrected chi connectivity index (χ4v) is 5.50. The Morgan fingerprint density at radius 2 is 1.81 bits per heavy atom. The van der Waals surface area contributed by atoms with E-state index < -0.39 is 5.91 Å². The Labute approximate surface area is 222 Å². The third kappa shape index (κ3) is 5.30. The molecule has 0 bridgehead atoms. The minimum absolute atomic E-state index is 0.0168. The largest absolute Gasteiger partial charge is 0.493 e. The van der Waals surface area contributed by atoms with Crippen molar-refractivity contribution in [3.63, 3.8) is 0 Å². The maximum absolute atomic E-state index is 12.7. The van der Waals surface area contributed by atoms with Gasteiger partial charge in [0.25, 0.3) is 5.91 Å². The highest BCUT2D eigenvalue weighted by atomic mass is 32.2. The molecule has 0 saturated carbocycles. The number of hydrazone groups is 1. The molecule has 0 radical (unpaired) electrons. The van der Waals surface area contributed by atoms with Crippen molar-refractivity contribution in [1.29, 1.82) is 5.41 Å². The topological polar surface area (TPSA) is 96.6 Å². The van der Waals surface area contributed by atoms with E-state index in [0.29, 0.717) is 35.4 Å². The van der Waals surface area contributed by atoms with Crippen molar-refractivity contribution < 1.29 is 19.0 Å². The maximum atomic E-state index is 12.7. The van der Waals surface area contributed by atoms with Crippen molar-refractivity contribution in [2.45, 2.75) is 13.8 Å². The number of carbonyl (C=O) groups excluding carboxylic acids is 1. The van der Waals surface area contributed by atoms with Gasteiger partial charge in [0.15, 0.2) is 17.3 Å². The molecular formula is C27H24N4O4S2. The molecule has 188 valence electrons. The average molecular weight is 533 g/mol. The maximum Gasteiger partial charge on any atom is 0.283 e. The van der Waals surface area contributed by atoms with Gasteiger partial charge in [-0.2, -0.15) is 15.1 Å². The molecule has 0 atom stereocenters. The minimum Gasteiger partial charge on any atom is -0.493 e. The van der Waals surface area contributed by atoms with Crippen LogP contribution >= 0.6 is 23.1 Å². The number of ether oxygens (including phenoxy) is 3. The van der Waals surface area contributed by atoms with Gasteiger partial charge in [-0.25, -0.2) is 0 Å². The number of benzene rings is 2. The van der Waals surface area contributed by atoms with E-state index in [9.17, 15) is 4.79 Å². The molecule has 0 spiro atoms. The monoisotopic (exact) mass is 532 g/mol. The molecule has 0 saturated heterocycles. The number of methoxy groups -OCH3 is 1. The molecular weight excluding hydrogens is 508 g/mol. The molecule has 2 aromatic carbocycles. The number of aryl methyl sites for hydroxylation is 2. The number of amidine groups is 2. The van der Waals surface area contributed by atoms with Crippen LogP contribution in [-0.2, 0) is 4.79 Å².